The van der Waals surface area contributed by atoms with Crippen LogP contribution in [0.1, 0.15) is 44.2 Å². The SMILES string of the molecule is CC1CN(Cc2ccc(CNC(=O)C3CCC3)cc2)CC(C)O1. The number of ether oxygens (including phenoxy) is 1. The van der Waals surface area contributed by atoms with Gasteiger partial charge in [-0.05, 0) is 37.8 Å². The fourth-order valence-electron chi connectivity index (χ4n) is 3.44. The first-order valence-corrected chi connectivity index (χ1v) is 8.83. The third kappa shape index (κ3) is 4.55. The molecule has 2 fully saturated rings. The van der Waals surface area contributed by atoms with Crippen LogP contribution in [-0.2, 0) is 22.6 Å². The Bertz CT molecular complexity index is 515. The average molecular weight is 316 g/mol. The molecule has 1 saturated carbocycles. The van der Waals surface area contributed by atoms with E-state index in [9.17, 15) is 4.79 Å². The highest BCUT2D eigenvalue weighted by Gasteiger charge is 2.24. The van der Waals surface area contributed by atoms with Crippen molar-refractivity contribution in [3.05, 3.63) is 35.4 Å². The lowest BCUT2D eigenvalue weighted by Gasteiger charge is -2.35. The van der Waals surface area contributed by atoms with Gasteiger partial charge in [-0.25, -0.2) is 0 Å². The molecule has 0 radical (unpaired) electrons. The minimum atomic E-state index is 0.219. The van der Waals surface area contributed by atoms with Crippen molar-refractivity contribution in [1.82, 2.24) is 10.2 Å². The largest absolute Gasteiger partial charge is 0.373 e. The van der Waals surface area contributed by atoms with Crippen LogP contribution in [0.2, 0.25) is 0 Å². The normalized spacial score (nSPS) is 25.8. The Morgan fingerprint density at radius 2 is 1.74 bits per heavy atom. The highest BCUT2D eigenvalue weighted by atomic mass is 16.5. The van der Waals surface area contributed by atoms with Crippen molar-refractivity contribution in [2.45, 2.75) is 58.4 Å². The molecule has 126 valence electrons. The van der Waals surface area contributed by atoms with Gasteiger partial charge in [-0.1, -0.05) is 30.7 Å². The molecule has 1 amide bonds. The van der Waals surface area contributed by atoms with Gasteiger partial charge in [0, 0.05) is 32.1 Å². The molecule has 1 aliphatic heterocycles. The van der Waals surface area contributed by atoms with Crippen LogP contribution in [0, 0.1) is 5.92 Å². The number of morpholine rings is 1. The maximum Gasteiger partial charge on any atom is 0.223 e. The number of hydrogen-bond donors (Lipinski definition) is 1. The molecule has 3 rings (SSSR count). The Morgan fingerprint density at radius 3 is 2.30 bits per heavy atom. The molecule has 2 unspecified atom stereocenters. The van der Waals surface area contributed by atoms with Gasteiger partial charge >= 0.3 is 0 Å². The van der Waals surface area contributed by atoms with E-state index < -0.39 is 0 Å². The van der Waals surface area contributed by atoms with Crippen LogP contribution in [0.3, 0.4) is 0 Å². The molecule has 1 N–H and O–H groups in total. The maximum absolute atomic E-state index is 11.9. The van der Waals surface area contributed by atoms with E-state index in [0.29, 0.717) is 18.8 Å². The van der Waals surface area contributed by atoms with Gasteiger partial charge in [0.25, 0.3) is 0 Å². The Hall–Kier alpha value is -1.39. The van der Waals surface area contributed by atoms with E-state index >= 15 is 0 Å². The molecular weight excluding hydrogens is 288 g/mol. The smallest absolute Gasteiger partial charge is 0.223 e. The van der Waals surface area contributed by atoms with E-state index in [-0.39, 0.29) is 11.8 Å². The van der Waals surface area contributed by atoms with Crippen molar-refractivity contribution in [2.75, 3.05) is 13.1 Å². The standard InChI is InChI=1S/C19H28N2O2/c1-14-11-21(12-15(2)23-14)13-17-8-6-16(7-9-17)10-20-19(22)18-4-3-5-18/h6-9,14-15,18H,3-5,10-13H2,1-2H3,(H,20,22). The summed E-state index contributed by atoms with van der Waals surface area (Å²) in [6.45, 7) is 7.86. The predicted octanol–water partition coefficient (Wildman–Crippen LogP) is 2.71. The molecule has 23 heavy (non-hydrogen) atoms. The lowest BCUT2D eigenvalue weighted by molar-refractivity contribution is -0.127. The van der Waals surface area contributed by atoms with E-state index in [0.717, 1.165) is 32.5 Å². The van der Waals surface area contributed by atoms with Crippen molar-refractivity contribution in [3.63, 3.8) is 0 Å². The Morgan fingerprint density at radius 1 is 1.13 bits per heavy atom. The molecule has 1 heterocycles. The van der Waals surface area contributed by atoms with Crippen molar-refractivity contribution in [1.29, 1.82) is 0 Å². The van der Waals surface area contributed by atoms with E-state index in [2.05, 4.69) is 48.3 Å². The zero-order chi connectivity index (χ0) is 16.2. The monoisotopic (exact) mass is 316 g/mol. The third-order valence-electron chi connectivity index (χ3n) is 4.87. The minimum absolute atomic E-state index is 0.219. The number of rotatable bonds is 5. The topological polar surface area (TPSA) is 41.6 Å². The average Bonchev–Trinajstić information content (AvgIpc) is 2.43. The summed E-state index contributed by atoms with van der Waals surface area (Å²) in [6, 6.07) is 8.61. The first-order chi connectivity index (χ1) is 11.1. The number of carbonyl (C=O) groups is 1. The Kier molecular flexibility index (Phi) is 5.34. The van der Waals surface area contributed by atoms with Gasteiger partial charge in [-0.2, -0.15) is 0 Å². The number of benzene rings is 1. The first kappa shape index (κ1) is 16.5. The second-order valence-electron chi connectivity index (χ2n) is 7.11. The third-order valence-corrected chi connectivity index (χ3v) is 4.87. The molecule has 0 spiro atoms. The highest BCUT2D eigenvalue weighted by Crippen LogP contribution is 2.26. The Balaban J connectivity index is 1.47. The second kappa shape index (κ2) is 7.45. The zero-order valence-corrected chi connectivity index (χ0v) is 14.3. The van der Waals surface area contributed by atoms with Gasteiger partial charge in [0.2, 0.25) is 5.91 Å². The molecule has 2 aliphatic rings. The van der Waals surface area contributed by atoms with Crippen LogP contribution in [0.5, 0.6) is 0 Å². The number of nitrogens with one attached hydrogen (secondary N) is 1. The fourth-order valence-corrected chi connectivity index (χ4v) is 3.44. The minimum Gasteiger partial charge on any atom is -0.373 e. The summed E-state index contributed by atoms with van der Waals surface area (Å²) in [5.41, 5.74) is 2.49. The highest BCUT2D eigenvalue weighted by molar-refractivity contribution is 5.79. The summed E-state index contributed by atoms with van der Waals surface area (Å²) in [6.07, 6.45) is 3.92. The summed E-state index contributed by atoms with van der Waals surface area (Å²) in [5.74, 6) is 0.483. The van der Waals surface area contributed by atoms with Gasteiger partial charge in [0.05, 0.1) is 12.2 Å². The summed E-state index contributed by atoms with van der Waals surface area (Å²) < 4.78 is 5.78. The van der Waals surface area contributed by atoms with Crippen LogP contribution in [0.25, 0.3) is 0 Å². The summed E-state index contributed by atoms with van der Waals surface area (Å²) in [7, 11) is 0. The van der Waals surface area contributed by atoms with Crippen LogP contribution in [-0.4, -0.2) is 36.1 Å². The predicted molar refractivity (Wildman–Crippen MR) is 90.9 cm³/mol. The van der Waals surface area contributed by atoms with Gasteiger partial charge in [0.15, 0.2) is 0 Å². The van der Waals surface area contributed by atoms with Crippen molar-refractivity contribution >= 4 is 5.91 Å². The van der Waals surface area contributed by atoms with Crippen LogP contribution in [0.4, 0.5) is 0 Å². The van der Waals surface area contributed by atoms with Gasteiger partial charge in [-0.3, -0.25) is 9.69 Å². The van der Waals surface area contributed by atoms with Crippen molar-refractivity contribution < 1.29 is 9.53 Å². The molecule has 4 nitrogen and oxygen atoms in total. The number of hydrogen-bond acceptors (Lipinski definition) is 3. The molecule has 4 heteroatoms. The van der Waals surface area contributed by atoms with E-state index in [1.165, 1.54) is 17.5 Å². The van der Waals surface area contributed by atoms with E-state index in [1.54, 1.807) is 0 Å². The molecule has 1 aromatic rings. The molecule has 0 aromatic heterocycles. The van der Waals surface area contributed by atoms with Crippen molar-refractivity contribution in [3.8, 4) is 0 Å². The van der Waals surface area contributed by atoms with E-state index in [1.807, 2.05) is 0 Å². The molecule has 0 bridgehead atoms. The van der Waals surface area contributed by atoms with Crippen molar-refractivity contribution in [2.24, 2.45) is 5.92 Å². The number of carbonyl (C=O) groups excluding carboxylic acids is 1. The summed E-state index contributed by atoms with van der Waals surface area (Å²) in [4.78, 5) is 14.3. The lowest BCUT2D eigenvalue weighted by atomic mass is 9.85. The van der Waals surface area contributed by atoms with E-state index in [4.69, 9.17) is 4.74 Å². The molecule has 1 aromatic carbocycles. The lowest BCUT2D eigenvalue weighted by Crippen LogP contribution is -2.44. The molecule has 1 saturated heterocycles. The van der Waals surface area contributed by atoms with Gasteiger partial charge < -0.3 is 10.1 Å². The molecular formula is C19H28N2O2. The van der Waals surface area contributed by atoms with Crippen LogP contribution in [0.15, 0.2) is 24.3 Å². The van der Waals surface area contributed by atoms with Crippen LogP contribution < -0.4 is 5.32 Å². The number of nitrogens with zero attached hydrogens (tertiary/aromatic N) is 1. The fraction of sp³-hybridized carbons (Fsp3) is 0.632. The second-order valence-corrected chi connectivity index (χ2v) is 7.11. The molecule has 1 aliphatic carbocycles. The number of amides is 1. The van der Waals surface area contributed by atoms with Gasteiger partial charge in [0.1, 0.15) is 0 Å². The van der Waals surface area contributed by atoms with Crippen LogP contribution >= 0.6 is 0 Å². The maximum atomic E-state index is 11.9. The molecule has 2 atom stereocenters. The van der Waals surface area contributed by atoms with Gasteiger partial charge in [-0.15, -0.1) is 0 Å². The Labute approximate surface area is 139 Å². The first-order valence-electron chi connectivity index (χ1n) is 8.83. The summed E-state index contributed by atoms with van der Waals surface area (Å²) in [5, 5.41) is 3.05. The zero-order valence-electron chi connectivity index (χ0n) is 14.3. The quantitative estimate of drug-likeness (QED) is 0.908. The summed E-state index contributed by atoms with van der Waals surface area (Å²) >= 11 is 0.